The maximum absolute atomic E-state index is 13.0. The Kier molecular flexibility index (Phi) is 4.44. The first-order valence-corrected chi connectivity index (χ1v) is 8.06. The third kappa shape index (κ3) is 3.39. The molecule has 0 fully saturated rings. The van der Waals surface area contributed by atoms with E-state index < -0.39 is 30.4 Å². The number of carbonyl (C=O) groups excluding carboxylic acids is 1. The monoisotopic (exact) mass is 363 g/mol. The highest BCUT2D eigenvalue weighted by molar-refractivity contribution is 6.62. The van der Waals surface area contributed by atoms with Gasteiger partial charge in [0.25, 0.3) is 0 Å². The molecule has 0 saturated carbocycles. The number of hydrogen-bond acceptors (Lipinski definition) is 4. The van der Waals surface area contributed by atoms with E-state index in [1.54, 1.807) is 18.2 Å². The van der Waals surface area contributed by atoms with Crippen LogP contribution >= 0.6 is 0 Å². The zero-order valence-corrected chi connectivity index (χ0v) is 14.5. The van der Waals surface area contributed by atoms with Crippen molar-refractivity contribution in [2.24, 2.45) is 0 Å². The molecule has 1 aliphatic rings. The van der Waals surface area contributed by atoms with Crippen molar-refractivity contribution in [1.29, 1.82) is 0 Å². The van der Waals surface area contributed by atoms with Crippen LogP contribution < -0.4 is 5.46 Å². The molecule has 1 aliphatic heterocycles. The van der Waals surface area contributed by atoms with Gasteiger partial charge in [-0.25, -0.2) is 4.98 Å². The molecule has 136 valence electrons. The van der Waals surface area contributed by atoms with Crippen molar-refractivity contribution < 1.29 is 27.6 Å². The Hall–Kier alpha value is -2.19. The molecule has 0 atom stereocenters. The predicted octanol–water partition coefficient (Wildman–Crippen LogP) is 2.79. The van der Waals surface area contributed by atoms with Gasteiger partial charge < -0.3 is 9.68 Å². The minimum absolute atomic E-state index is 0.0333. The van der Waals surface area contributed by atoms with E-state index in [1.807, 2.05) is 13.8 Å². The number of fused-ring (bicyclic) bond motifs is 1. The topological polar surface area (TPSA) is 59.4 Å². The van der Waals surface area contributed by atoms with E-state index in [-0.39, 0.29) is 17.7 Å². The number of pyridine rings is 1. The van der Waals surface area contributed by atoms with Crippen LogP contribution in [0.1, 0.15) is 46.7 Å². The summed E-state index contributed by atoms with van der Waals surface area (Å²) >= 11 is 0. The molecule has 0 spiro atoms. The van der Waals surface area contributed by atoms with Gasteiger partial charge in [0, 0.05) is 6.42 Å². The normalized spacial score (nSPS) is 15.9. The number of ketones is 1. The minimum atomic E-state index is -4.61. The van der Waals surface area contributed by atoms with Crippen molar-refractivity contribution in [3.63, 3.8) is 0 Å². The van der Waals surface area contributed by atoms with Gasteiger partial charge >= 0.3 is 13.3 Å². The average molecular weight is 363 g/mol. The van der Waals surface area contributed by atoms with Crippen molar-refractivity contribution in [2.45, 2.75) is 39.0 Å². The van der Waals surface area contributed by atoms with E-state index >= 15 is 0 Å². The standard InChI is InChI=1S/C18H17BF3NO3/c1-10-4-7-14(23-16(10)18(20,21)22)15(24)9-11-5-6-12-13(8-11)19(25)26-17(12,2)3/h4-8,25H,9H2,1-3H3. The van der Waals surface area contributed by atoms with E-state index in [2.05, 4.69) is 4.98 Å². The Morgan fingerprint density at radius 1 is 1.27 bits per heavy atom. The maximum Gasteiger partial charge on any atom is 0.492 e. The number of aromatic nitrogens is 1. The van der Waals surface area contributed by atoms with Gasteiger partial charge in [0.2, 0.25) is 0 Å². The van der Waals surface area contributed by atoms with Gasteiger partial charge in [-0.2, -0.15) is 13.2 Å². The first kappa shape index (κ1) is 18.6. The molecule has 0 amide bonds. The largest absolute Gasteiger partial charge is 0.492 e. The van der Waals surface area contributed by atoms with E-state index in [0.29, 0.717) is 11.0 Å². The summed E-state index contributed by atoms with van der Waals surface area (Å²) < 4.78 is 44.4. The predicted molar refractivity (Wildman–Crippen MR) is 90.2 cm³/mol. The number of halogens is 3. The lowest BCUT2D eigenvalue weighted by Crippen LogP contribution is -2.29. The number of nitrogens with zero attached hydrogens (tertiary/aromatic N) is 1. The van der Waals surface area contributed by atoms with Crippen molar-refractivity contribution in [2.75, 3.05) is 0 Å². The highest BCUT2D eigenvalue weighted by atomic mass is 19.4. The molecule has 0 saturated heterocycles. The molecule has 1 aromatic heterocycles. The molecule has 1 N–H and O–H groups in total. The first-order chi connectivity index (χ1) is 12.0. The zero-order chi connectivity index (χ0) is 19.3. The Labute approximate surface area is 149 Å². The first-order valence-electron chi connectivity index (χ1n) is 8.06. The third-order valence-electron chi connectivity index (χ3n) is 4.45. The van der Waals surface area contributed by atoms with Crippen LogP contribution in [0.2, 0.25) is 0 Å². The summed E-state index contributed by atoms with van der Waals surface area (Å²) in [5.74, 6) is -0.525. The molecule has 0 bridgehead atoms. The van der Waals surface area contributed by atoms with Crippen molar-refractivity contribution in [3.05, 3.63) is 58.4 Å². The SMILES string of the molecule is Cc1ccc(C(=O)Cc2ccc3c(c2)B(O)OC3(C)C)nc1C(F)(F)F. The number of carbonyl (C=O) groups is 1. The molecule has 8 heteroatoms. The lowest BCUT2D eigenvalue weighted by molar-refractivity contribution is -0.141. The molecule has 0 aliphatic carbocycles. The van der Waals surface area contributed by atoms with E-state index in [1.165, 1.54) is 19.1 Å². The fourth-order valence-electron chi connectivity index (χ4n) is 3.13. The van der Waals surface area contributed by atoms with Crippen LogP contribution in [0.3, 0.4) is 0 Å². The van der Waals surface area contributed by atoms with Gasteiger partial charge in [-0.15, -0.1) is 0 Å². The maximum atomic E-state index is 13.0. The highest BCUT2D eigenvalue weighted by Gasteiger charge is 2.40. The summed E-state index contributed by atoms with van der Waals surface area (Å²) in [4.78, 5) is 15.9. The van der Waals surface area contributed by atoms with Crippen LogP contribution in [-0.4, -0.2) is 22.9 Å². The van der Waals surface area contributed by atoms with Crippen LogP contribution in [-0.2, 0) is 22.9 Å². The van der Waals surface area contributed by atoms with E-state index in [9.17, 15) is 23.0 Å². The van der Waals surface area contributed by atoms with E-state index in [4.69, 9.17) is 4.65 Å². The van der Waals surface area contributed by atoms with E-state index in [0.717, 1.165) is 5.56 Å². The Morgan fingerprint density at radius 2 is 1.96 bits per heavy atom. The second-order valence-electron chi connectivity index (χ2n) is 6.86. The second-order valence-corrected chi connectivity index (χ2v) is 6.86. The van der Waals surface area contributed by atoms with Crippen LogP contribution in [0.15, 0.2) is 30.3 Å². The van der Waals surface area contributed by atoms with Gasteiger partial charge in [-0.1, -0.05) is 24.3 Å². The number of Topliss-reactive ketones (excluding diaryl/α,β-unsaturated/α-hetero) is 1. The molecular formula is C18H17BF3NO3. The molecule has 26 heavy (non-hydrogen) atoms. The van der Waals surface area contributed by atoms with Gasteiger partial charge in [-0.3, -0.25) is 4.79 Å². The minimum Gasteiger partial charge on any atom is -0.423 e. The quantitative estimate of drug-likeness (QED) is 0.673. The number of rotatable bonds is 3. The fourth-order valence-corrected chi connectivity index (χ4v) is 3.13. The number of hydrogen-bond donors (Lipinski definition) is 1. The summed E-state index contributed by atoms with van der Waals surface area (Å²) in [6.45, 7) is 4.94. The Bertz CT molecular complexity index is 880. The van der Waals surface area contributed by atoms with Crippen LogP contribution in [0, 0.1) is 6.92 Å². The molecule has 0 unspecified atom stereocenters. The molecule has 3 rings (SSSR count). The summed E-state index contributed by atoms with van der Waals surface area (Å²) in [6.07, 6.45) is -4.73. The Balaban J connectivity index is 1.87. The molecule has 1 aromatic carbocycles. The fraction of sp³-hybridized carbons (Fsp3) is 0.333. The van der Waals surface area contributed by atoms with Crippen molar-refractivity contribution >= 4 is 18.4 Å². The van der Waals surface area contributed by atoms with Crippen molar-refractivity contribution in [3.8, 4) is 0 Å². The lowest BCUT2D eigenvalue weighted by atomic mass is 9.77. The number of aryl methyl sites for hydroxylation is 1. The lowest BCUT2D eigenvalue weighted by Gasteiger charge is -2.19. The van der Waals surface area contributed by atoms with Gasteiger partial charge in [0.1, 0.15) is 11.4 Å². The third-order valence-corrected chi connectivity index (χ3v) is 4.45. The molecule has 0 radical (unpaired) electrons. The smallest absolute Gasteiger partial charge is 0.423 e. The summed E-state index contributed by atoms with van der Waals surface area (Å²) in [6, 6.07) is 7.65. The highest BCUT2D eigenvalue weighted by Crippen LogP contribution is 2.31. The van der Waals surface area contributed by atoms with Crippen LogP contribution in [0.4, 0.5) is 13.2 Å². The Morgan fingerprint density at radius 3 is 2.62 bits per heavy atom. The van der Waals surface area contributed by atoms with Gasteiger partial charge in [0.15, 0.2) is 5.78 Å². The molecular weight excluding hydrogens is 346 g/mol. The molecule has 2 heterocycles. The zero-order valence-electron chi connectivity index (χ0n) is 14.5. The van der Waals surface area contributed by atoms with Gasteiger partial charge in [0.05, 0.1) is 5.60 Å². The number of benzene rings is 1. The van der Waals surface area contributed by atoms with Gasteiger partial charge in [-0.05, 0) is 49.0 Å². The molecule has 2 aromatic rings. The number of alkyl halides is 3. The average Bonchev–Trinajstić information content (AvgIpc) is 2.75. The van der Waals surface area contributed by atoms with Crippen LogP contribution in [0.25, 0.3) is 0 Å². The van der Waals surface area contributed by atoms with Crippen molar-refractivity contribution in [1.82, 2.24) is 4.98 Å². The van der Waals surface area contributed by atoms with Crippen LogP contribution in [0.5, 0.6) is 0 Å². The summed E-state index contributed by atoms with van der Waals surface area (Å²) in [5.41, 5.74) is -0.0121. The summed E-state index contributed by atoms with van der Waals surface area (Å²) in [5, 5.41) is 10.0. The summed E-state index contributed by atoms with van der Waals surface area (Å²) in [7, 11) is -1.09. The molecule has 4 nitrogen and oxygen atoms in total. The second kappa shape index (κ2) is 6.21.